The van der Waals surface area contributed by atoms with Crippen LogP contribution in [0.15, 0.2) is 30.3 Å². The smallest absolute Gasteiger partial charge is 0.206 e. The van der Waals surface area contributed by atoms with Crippen molar-refractivity contribution in [3.05, 3.63) is 35.9 Å². The van der Waals surface area contributed by atoms with Gasteiger partial charge in [0.05, 0.1) is 5.92 Å². The molecule has 1 unspecified atom stereocenters. The Kier molecular flexibility index (Phi) is 14.4. The van der Waals surface area contributed by atoms with Gasteiger partial charge < -0.3 is 0 Å². The Bertz CT molecular complexity index is 398. The van der Waals surface area contributed by atoms with Crippen LogP contribution in [0.4, 0.5) is 0 Å². The molecule has 1 aromatic carbocycles. The molecule has 1 rings (SSSR count). The first kappa shape index (κ1) is 21.9. The van der Waals surface area contributed by atoms with Crippen molar-refractivity contribution in [2.45, 2.75) is 109 Å². The largest absolute Gasteiger partial charge is 0.290 e. The van der Waals surface area contributed by atoms with Crippen molar-refractivity contribution in [1.82, 2.24) is 0 Å². The van der Waals surface area contributed by atoms with Gasteiger partial charge in [-0.25, -0.2) is 0 Å². The van der Waals surface area contributed by atoms with Crippen LogP contribution < -0.4 is 0 Å². The van der Waals surface area contributed by atoms with Gasteiger partial charge in [0.1, 0.15) is 0 Å². The van der Waals surface area contributed by atoms with Crippen LogP contribution in [0.1, 0.15) is 115 Å². The summed E-state index contributed by atoms with van der Waals surface area (Å²) in [5, 5.41) is 0. The maximum atomic E-state index is 11.1. The predicted molar refractivity (Wildman–Crippen MR) is 110 cm³/mol. The van der Waals surface area contributed by atoms with Gasteiger partial charge in [-0.05, 0) is 12.0 Å². The van der Waals surface area contributed by atoms with Gasteiger partial charge in [-0.2, -0.15) is 0 Å². The number of benzene rings is 1. The molecule has 0 aliphatic heterocycles. The van der Waals surface area contributed by atoms with E-state index in [4.69, 9.17) is 0 Å². The maximum Gasteiger partial charge on any atom is 0.206 e. The van der Waals surface area contributed by atoms with E-state index in [0.717, 1.165) is 18.4 Å². The molecule has 0 aliphatic carbocycles. The number of hydrogen-bond acceptors (Lipinski definition) is 1. The molecule has 0 N–H and O–H groups in total. The lowest BCUT2D eigenvalue weighted by molar-refractivity contribution is 0.516. The van der Waals surface area contributed by atoms with E-state index in [1.807, 2.05) is 30.3 Å². The lowest BCUT2D eigenvalue weighted by atomic mass is 9.94. The summed E-state index contributed by atoms with van der Waals surface area (Å²) in [4.78, 5) is 11.1. The van der Waals surface area contributed by atoms with Gasteiger partial charge in [0.2, 0.25) is 6.29 Å². The maximum absolute atomic E-state index is 11.1. The van der Waals surface area contributed by atoms with Crippen molar-refractivity contribution >= 4 is 6.29 Å². The van der Waals surface area contributed by atoms with Crippen molar-refractivity contribution in [3.63, 3.8) is 0 Å². The summed E-state index contributed by atoms with van der Waals surface area (Å²) in [5.74, 6) is -0.0291. The first-order chi connectivity index (χ1) is 12.4. The summed E-state index contributed by atoms with van der Waals surface area (Å²) >= 11 is 0. The topological polar surface area (TPSA) is 17.1 Å². The van der Waals surface area contributed by atoms with Crippen LogP contribution in [0.25, 0.3) is 0 Å². The first-order valence-corrected chi connectivity index (χ1v) is 10.8. The highest BCUT2D eigenvalue weighted by atomic mass is 16.1. The van der Waals surface area contributed by atoms with E-state index in [-0.39, 0.29) is 5.92 Å². The molecule has 0 amide bonds. The molecule has 1 radical (unpaired) electrons. The molecule has 1 heteroatoms. The summed E-state index contributed by atoms with van der Waals surface area (Å²) in [6.07, 6.45) is 22.4. The van der Waals surface area contributed by atoms with Gasteiger partial charge in [-0.15, -0.1) is 0 Å². The first-order valence-electron chi connectivity index (χ1n) is 10.8. The number of hydrogen-bond donors (Lipinski definition) is 0. The minimum absolute atomic E-state index is 0.0291. The number of carbonyl (C=O) groups excluding carboxylic acids is 1. The molecule has 0 saturated carbocycles. The normalized spacial score (nSPS) is 12.2. The van der Waals surface area contributed by atoms with E-state index in [0.29, 0.717) is 0 Å². The Labute approximate surface area is 156 Å². The molecule has 0 heterocycles. The second-order valence-corrected chi connectivity index (χ2v) is 7.47. The summed E-state index contributed by atoms with van der Waals surface area (Å²) in [6.45, 7) is 2.28. The minimum Gasteiger partial charge on any atom is -0.290 e. The summed E-state index contributed by atoms with van der Waals surface area (Å²) in [5.41, 5.74) is 1.12. The molecule has 0 saturated heterocycles. The lowest BCUT2D eigenvalue weighted by Gasteiger charge is -2.09. The second-order valence-electron chi connectivity index (χ2n) is 7.47. The molecule has 1 nitrogen and oxygen atoms in total. The highest BCUT2D eigenvalue weighted by molar-refractivity contribution is 5.62. The average molecular weight is 344 g/mol. The molecular formula is C24H39O. The van der Waals surface area contributed by atoms with Gasteiger partial charge >= 0.3 is 0 Å². The lowest BCUT2D eigenvalue weighted by Crippen LogP contribution is -1.99. The molecule has 0 aromatic heterocycles. The van der Waals surface area contributed by atoms with E-state index >= 15 is 0 Å². The van der Waals surface area contributed by atoms with Crippen LogP contribution in [0.3, 0.4) is 0 Å². The molecule has 0 aliphatic rings. The Balaban J connectivity index is 1.86. The van der Waals surface area contributed by atoms with Crippen LogP contribution in [0.2, 0.25) is 0 Å². The van der Waals surface area contributed by atoms with E-state index in [1.165, 1.54) is 83.5 Å². The van der Waals surface area contributed by atoms with Gasteiger partial charge in [0, 0.05) is 0 Å². The number of unbranched alkanes of at least 4 members (excludes halogenated alkanes) is 13. The van der Waals surface area contributed by atoms with Crippen LogP contribution >= 0.6 is 0 Å². The SMILES string of the molecule is CCCCCCCCCCCCCCCCC([C]=O)c1ccccc1. The summed E-state index contributed by atoms with van der Waals surface area (Å²) in [7, 11) is 0. The van der Waals surface area contributed by atoms with Crippen LogP contribution in [-0.2, 0) is 4.79 Å². The summed E-state index contributed by atoms with van der Waals surface area (Å²) < 4.78 is 0. The monoisotopic (exact) mass is 343 g/mol. The van der Waals surface area contributed by atoms with Gasteiger partial charge in [0.25, 0.3) is 0 Å². The highest BCUT2D eigenvalue weighted by Crippen LogP contribution is 2.21. The zero-order valence-electron chi connectivity index (χ0n) is 16.5. The standard InChI is InChI=1S/C24H39O/c1-2-3-4-5-6-7-8-9-10-11-12-13-14-16-21-24(22-25)23-19-17-15-18-20-23/h15,17-20,24H,2-14,16,21H2,1H3. The van der Waals surface area contributed by atoms with Crippen molar-refractivity contribution in [3.8, 4) is 0 Å². The highest BCUT2D eigenvalue weighted by Gasteiger charge is 2.10. The quantitative estimate of drug-likeness (QED) is 0.264. The third-order valence-corrected chi connectivity index (χ3v) is 5.19. The van der Waals surface area contributed by atoms with Gasteiger partial charge in [-0.3, -0.25) is 4.79 Å². The molecule has 1 aromatic rings. The molecule has 1 atom stereocenters. The Morgan fingerprint density at radius 3 is 1.56 bits per heavy atom. The third kappa shape index (κ3) is 12.0. The van der Waals surface area contributed by atoms with E-state index in [1.54, 1.807) is 0 Å². The summed E-state index contributed by atoms with van der Waals surface area (Å²) in [6, 6.07) is 10.1. The molecule has 0 bridgehead atoms. The predicted octanol–water partition coefficient (Wildman–Crippen LogP) is 7.75. The average Bonchev–Trinajstić information content (AvgIpc) is 2.66. The zero-order valence-corrected chi connectivity index (χ0v) is 16.5. The molecule has 0 spiro atoms. The Hall–Kier alpha value is -1.11. The Morgan fingerprint density at radius 1 is 0.680 bits per heavy atom. The van der Waals surface area contributed by atoms with Gasteiger partial charge in [0.15, 0.2) is 0 Å². The van der Waals surface area contributed by atoms with E-state index < -0.39 is 0 Å². The van der Waals surface area contributed by atoms with Crippen molar-refractivity contribution in [2.24, 2.45) is 0 Å². The third-order valence-electron chi connectivity index (χ3n) is 5.19. The van der Waals surface area contributed by atoms with E-state index in [9.17, 15) is 4.79 Å². The fourth-order valence-corrected chi connectivity index (χ4v) is 3.52. The fourth-order valence-electron chi connectivity index (χ4n) is 3.52. The van der Waals surface area contributed by atoms with Crippen LogP contribution in [0.5, 0.6) is 0 Å². The molecule has 141 valence electrons. The fraction of sp³-hybridized carbons (Fsp3) is 0.708. The van der Waals surface area contributed by atoms with Crippen molar-refractivity contribution in [1.29, 1.82) is 0 Å². The van der Waals surface area contributed by atoms with Gasteiger partial charge in [-0.1, -0.05) is 127 Å². The molecule has 25 heavy (non-hydrogen) atoms. The number of rotatable bonds is 17. The minimum atomic E-state index is -0.0291. The van der Waals surface area contributed by atoms with E-state index in [2.05, 4.69) is 13.2 Å². The Morgan fingerprint density at radius 2 is 1.12 bits per heavy atom. The van der Waals surface area contributed by atoms with Crippen molar-refractivity contribution in [2.75, 3.05) is 0 Å². The zero-order chi connectivity index (χ0) is 18.0. The molecule has 0 fully saturated rings. The van der Waals surface area contributed by atoms with Crippen LogP contribution in [0, 0.1) is 0 Å². The molecular weight excluding hydrogens is 304 g/mol. The van der Waals surface area contributed by atoms with Crippen molar-refractivity contribution < 1.29 is 4.79 Å². The van der Waals surface area contributed by atoms with Crippen LogP contribution in [-0.4, -0.2) is 6.29 Å². The second kappa shape index (κ2) is 16.4.